The second-order valence-corrected chi connectivity index (χ2v) is 4.41. The number of hydrogen-bond donors (Lipinski definition) is 2. The molecule has 4 heteroatoms. The zero-order valence-corrected chi connectivity index (χ0v) is 10.5. The van der Waals surface area contributed by atoms with Gasteiger partial charge in [-0.25, -0.2) is 0 Å². The summed E-state index contributed by atoms with van der Waals surface area (Å²) in [4.78, 5) is 4.25. The van der Waals surface area contributed by atoms with Crippen LogP contribution in [0, 0.1) is 13.8 Å². The summed E-state index contributed by atoms with van der Waals surface area (Å²) in [5.74, 6) is 0. The highest BCUT2D eigenvalue weighted by Gasteiger charge is 2.19. The van der Waals surface area contributed by atoms with Crippen molar-refractivity contribution >= 4 is 15.9 Å². The van der Waals surface area contributed by atoms with Gasteiger partial charge in [-0.15, -0.1) is 0 Å². The van der Waals surface area contributed by atoms with E-state index in [9.17, 15) is 10.2 Å². The summed E-state index contributed by atoms with van der Waals surface area (Å²) in [7, 11) is 0. The third-order valence-electron chi connectivity index (χ3n) is 2.35. The summed E-state index contributed by atoms with van der Waals surface area (Å²) in [5.41, 5.74) is 2.39. The van der Waals surface area contributed by atoms with E-state index in [2.05, 4.69) is 20.9 Å². The van der Waals surface area contributed by atoms with Crippen LogP contribution in [0.1, 0.15) is 29.5 Å². The first-order valence-electron chi connectivity index (χ1n) is 4.92. The maximum atomic E-state index is 9.88. The largest absolute Gasteiger partial charge is 0.390 e. The van der Waals surface area contributed by atoms with E-state index in [-0.39, 0.29) is 0 Å². The first-order chi connectivity index (χ1) is 7.06. The van der Waals surface area contributed by atoms with Crippen molar-refractivity contribution in [3.8, 4) is 0 Å². The summed E-state index contributed by atoms with van der Waals surface area (Å²) in [6.07, 6.45) is -1.07. The van der Waals surface area contributed by atoms with Crippen LogP contribution >= 0.6 is 15.9 Å². The Morgan fingerprint density at radius 2 is 2.00 bits per heavy atom. The summed E-state index contributed by atoms with van der Waals surface area (Å²) >= 11 is 3.23. The molecule has 0 radical (unpaired) electrons. The standard InChI is InChI=1S/C11H16BrNO2/c1-7-3-4-9(8(2)13-7)11(15)10(14)5-6-12/h3-4,10-11,14-15H,5-6H2,1-2H3. The number of rotatable bonds is 4. The van der Waals surface area contributed by atoms with Crippen LogP contribution in [0.25, 0.3) is 0 Å². The number of aromatic nitrogens is 1. The van der Waals surface area contributed by atoms with Crippen molar-refractivity contribution in [2.45, 2.75) is 32.5 Å². The molecular formula is C11H16BrNO2. The van der Waals surface area contributed by atoms with Crippen LogP contribution in [0.5, 0.6) is 0 Å². The van der Waals surface area contributed by atoms with Crippen molar-refractivity contribution in [1.29, 1.82) is 0 Å². The van der Waals surface area contributed by atoms with E-state index in [0.29, 0.717) is 17.3 Å². The summed E-state index contributed by atoms with van der Waals surface area (Å²) in [6.45, 7) is 3.74. The molecule has 0 aromatic carbocycles. The maximum Gasteiger partial charge on any atom is 0.107 e. The van der Waals surface area contributed by atoms with Gasteiger partial charge in [0, 0.05) is 22.3 Å². The number of aryl methyl sites for hydroxylation is 2. The molecule has 0 bridgehead atoms. The smallest absolute Gasteiger partial charge is 0.107 e. The normalized spacial score (nSPS) is 15.0. The molecule has 0 aliphatic heterocycles. The van der Waals surface area contributed by atoms with Crippen molar-refractivity contribution < 1.29 is 10.2 Å². The van der Waals surface area contributed by atoms with Gasteiger partial charge in [0.05, 0.1) is 6.10 Å². The molecule has 15 heavy (non-hydrogen) atoms. The van der Waals surface area contributed by atoms with Crippen molar-refractivity contribution in [3.63, 3.8) is 0 Å². The topological polar surface area (TPSA) is 53.4 Å². The van der Waals surface area contributed by atoms with Gasteiger partial charge in [0.25, 0.3) is 0 Å². The predicted molar refractivity (Wildman–Crippen MR) is 63.1 cm³/mol. The van der Waals surface area contributed by atoms with Crippen molar-refractivity contribution in [2.24, 2.45) is 0 Å². The van der Waals surface area contributed by atoms with Gasteiger partial charge in [0.15, 0.2) is 0 Å². The predicted octanol–water partition coefficient (Wildman–Crippen LogP) is 1.88. The van der Waals surface area contributed by atoms with Gasteiger partial charge < -0.3 is 10.2 Å². The van der Waals surface area contributed by atoms with E-state index in [1.165, 1.54) is 0 Å². The Bertz CT molecular complexity index is 330. The van der Waals surface area contributed by atoms with Crippen LogP contribution in [0.4, 0.5) is 0 Å². The van der Waals surface area contributed by atoms with Crippen LogP contribution in [-0.2, 0) is 0 Å². The van der Waals surface area contributed by atoms with Gasteiger partial charge in [0.1, 0.15) is 6.10 Å². The van der Waals surface area contributed by atoms with E-state index in [0.717, 1.165) is 11.4 Å². The van der Waals surface area contributed by atoms with Crippen molar-refractivity contribution in [2.75, 3.05) is 5.33 Å². The fourth-order valence-electron chi connectivity index (χ4n) is 1.49. The molecule has 1 heterocycles. The fourth-order valence-corrected chi connectivity index (χ4v) is 1.96. The van der Waals surface area contributed by atoms with Crippen LogP contribution in [0.3, 0.4) is 0 Å². The lowest BCUT2D eigenvalue weighted by atomic mass is 10.0. The van der Waals surface area contributed by atoms with Gasteiger partial charge in [-0.05, 0) is 26.3 Å². The number of halogens is 1. The van der Waals surface area contributed by atoms with Crippen molar-refractivity contribution in [1.82, 2.24) is 4.98 Å². The van der Waals surface area contributed by atoms with Crippen molar-refractivity contribution in [3.05, 3.63) is 29.1 Å². The minimum atomic E-state index is -0.851. The highest BCUT2D eigenvalue weighted by Crippen LogP contribution is 2.21. The quantitative estimate of drug-likeness (QED) is 0.824. The SMILES string of the molecule is Cc1ccc(C(O)C(O)CCBr)c(C)n1. The van der Waals surface area contributed by atoms with E-state index < -0.39 is 12.2 Å². The zero-order chi connectivity index (χ0) is 11.4. The molecule has 0 saturated carbocycles. The van der Waals surface area contributed by atoms with E-state index in [1.807, 2.05) is 26.0 Å². The lowest BCUT2D eigenvalue weighted by molar-refractivity contribution is 0.0167. The van der Waals surface area contributed by atoms with E-state index in [4.69, 9.17) is 0 Å². The highest BCUT2D eigenvalue weighted by molar-refractivity contribution is 9.09. The molecule has 1 aromatic heterocycles. The number of aliphatic hydroxyl groups is 2. The fraction of sp³-hybridized carbons (Fsp3) is 0.545. The number of aliphatic hydroxyl groups excluding tert-OH is 2. The lowest BCUT2D eigenvalue weighted by Crippen LogP contribution is -2.19. The van der Waals surface area contributed by atoms with E-state index in [1.54, 1.807) is 0 Å². The van der Waals surface area contributed by atoms with E-state index >= 15 is 0 Å². The summed E-state index contributed by atoms with van der Waals surface area (Å²) in [6, 6.07) is 3.66. The Morgan fingerprint density at radius 1 is 1.33 bits per heavy atom. The van der Waals surface area contributed by atoms with Gasteiger partial charge >= 0.3 is 0 Å². The highest BCUT2D eigenvalue weighted by atomic mass is 79.9. The average molecular weight is 274 g/mol. The summed E-state index contributed by atoms with van der Waals surface area (Å²) in [5, 5.41) is 20.2. The zero-order valence-electron chi connectivity index (χ0n) is 8.94. The van der Waals surface area contributed by atoms with Crippen LogP contribution in [0.2, 0.25) is 0 Å². The second-order valence-electron chi connectivity index (χ2n) is 3.62. The summed E-state index contributed by atoms with van der Waals surface area (Å²) < 4.78 is 0. The number of nitrogens with zero attached hydrogens (tertiary/aromatic N) is 1. The molecule has 1 rings (SSSR count). The molecule has 2 N–H and O–H groups in total. The molecule has 0 saturated heterocycles. The Morgan fingerprint density at radius 3 is 2.53 bits per heavy atom. The molecule has 0 amide bonds. The molecule has 0 aliphatic carbocycles. The first kappa shape index (κ1) is 12.6. The maximum absolute atomic E-state index is 9.88. The Balaban J connectivity index is 2.86. The molecule has 3 nitrogen and oxygen atoms in total. The third-order valence-corrected chi connectivity index (χ3v) is 2.81. The van der Waals surface area contributed by atoms with Gasteiger partial charge in [0.2, 0.25) is 0 Å². The van der Waals surface area contributed by atoms with Gasteiger partial charge in [-0.1, -0.05) is 22.0 Å². The average Bonchev–Trinajstić information content (AvgIpc) is 2.17. The number of alkyl halides is 1. The minimum Gasteiger partial charge on any atom is -0.390 e. The Kier molecular flexibility index (Phi) is 4.70. The molecular weight excluding hydrogens is 258 g/mol. The lowest BCUT2D eigenvalue weighted by Gasteiger charge is -2.18. The van der Waals surface area contributed by atoms with Gasteiger partial charge in [-0.3, -0.25) is 4.98 Å². The molecule has 0 spiro atoms. The molecule has 0 fully saturated rings. The number of hydrogen-bond acceptors (Lipinski definition) is 3. The minimum absolute atomic E-state index is 0.522. The molecule has 2 unspecified atom stereocenters. The molecule has 1 aromatic rings. The van der Waals surface area contributed by atoms with Gasteiger partial charge in [-0.2, -0.15) is 0 Å². The van der Waals surface area contributed by atoms with Crippen LogP contribution < -0.4 is 0 Å². The third kappa shape index (κ3) is 3.26. The Hall–Kier alpha value is -0.450. The monoisotopic (exact) mass is 273 g/mol. The molecule has 84 valence electrons. The van der Waals surface area contributed by atoms with Crippen LogP contribution in [0.15, 0.2) is 12.1 Å². The first-order valence-corrected chi connectivity index (χ1v) is 6.04. The Labute approximate surface area is 98.3 Å². The molecule has 0 aliphatic rings. The second kappa shape index (κ2) is 5.58. The molecule has 2 atom stereocenters. The van der Waals surface area contributed by atoms with Crippen LogP contribution in [-0.4, -0.2) is 26.6 Å². The number of pyridine rings is 1.